The van der Waals surface area contributed by atoms with Crippen molar-refractivity contribution in [1.29, 1.82) is 0 Å². The van der Waals surface area contributed by atoms with Crippen LogP contribution >= 0.6 is 0 Å². The Kier molecular flexibility index (Phi) is 7.50. The molecule has 0 aliphatic rings. The van der Waals surface area contributed by atoms with Crippen molar-refractivity contribution in [2.75, 3.05) is 33.4 Å². The predicted molar refractivity (Wildman–Crippen MR) is 77.1 cm³/mol. The standard InChI is InChI=1S/C15H23NO4/c1-3-16(10-4-11-17)15(18)9-12-20-14-7-5-13(19-2)6-8-14/h5-8,17H,3-4,9-12H2,1-2H3. The minimum absolute atomic E-state index is 0.0504. The Morgan fingerprint density at radius 3 is 2.45 bits per heavy atom. The molecule has 0 spiro atoms. The summed E-state index contributed by atoms with van der Waals surface area (Å²) in [5.41, 5.74) is 0. The zero-order valence-electron chi connectivity index (χ0n) is 12.2. The second-order valence-electron chi connectivity index (χ2n) is 4.32. The molecule has 20 heavy (non-hydrogen) atoms. The van der Waals surface area contributed by atoms with Gasteiger partial charge in [-0.1, -0.05) is 0 Å². The van der Waals surface area contributed by atoms with E-state index in [1.165, 1.54) is 0 Å². The van der Waals surface area contributed by atoms with Crippen LogP contribution in [0.3, 0.4) is 0 Å². The summed E-state index contributed by atoms with van der Waals surface area (Å²) in [7, 11) is 1.61. The summed E-state index contributed by atoms with van der Waals surface area (Å²) in [5, 5.41) is 8.79. The van der Waals surface area contributed by atoms with Crippen molar-refractivity contribution in [3.63, 3.8) is 0 Å². The van der Waals surface area contributed by atoms with E-state index in [-0.39, 0.29) is 12.5 Å². The summed E-state index contributed by atoms with van der Waals surface area (Å²) in [6.07, 6.45) is 0.949. The van der Waals surface area contributed by atoms with Crippen LogP contribution in [0.2, 0.25) is 0 Å². The van der Waals surface area contributed by atoms with Crippen LogP contribution in [-0.4, -0.2) is 49.3 Å². The lowest BCUT2D eigenvalue weighted by Gasteiger charge is -2.20. The van der Waals surface area contributed by atoms with Crippen LogP contribution in [0, 0.1) is 0 Å². The van der Waals surface area contributed by atoms with Gasteiger partial charge in [0.2, 0.25) is 5.91 Å². The maximum Gasteiger partial charge on any atom is 0.225 e. The van der Waals surface area contributed by atoms with Crippen LogP contribution in [0.5, 0.6) is 11.5 Å². The van der Waals surface area contributed by atoms with E-state index in [0.29, 0.717) is 32.5 Å². The third-order valence-corrected chi connectivity index (χ3v) is 2.96. The first kappa shape index (κ1) is 16.3. The van der Waals surface area contributed by atoms with Crippen molar-refractivity contribution in [3.05, 3.63) is 24.3 Å². The Hall–Kier alpha value is -1.75. The van der Waals surface area contributed by atoms with E-state index in [1.54, 1.807) is 12.0 Å². The number of aliphatic hydroxyl groups is 1. The van der Waals surface area contributed by atoms with Gasteiger partial charge in [-0.2, -0.15) is 0 Å². The number of hydrogen-bond donors (Lipinski definition) is 1. The normalized spacial score (nSPS) is 10.2. The molecule has 1 amide bonds. The summed E-state index contributed by atoms with van der Waals surface area (Å²) in [6, 6.07) is 7.26. The van der Waals surface area contributed by atoms with Gasteiger partial charge in [0.05, 0.1) is 20.1 Å². The molecule has 0 fully saturated rings. The molecule has 0 aliphatic carbocycles. The molecule has 0 atom stereocenters. The average Bonchev–Trinajstić information content (AvgIpc) is 2.48. The van der Waals surface area contributed by atoms with Crippen LogP contribution in [0.15, 0.2) is 24.3 Å². The topological polar surface area (TPSA) is 59.0 Å². The molecule has 0 bridgehead atoms. The Morgan fingerprint density at radius 1 is 1.25 bits per heavy atom. The number of nitrogens with zero attached hydrogens (tertiary/aromatic N) is 1. The number of amides is 1. The van der Waals surface area contributed by atoms with Gasteiger partial charge in [0.25, 0.3) is 0 Å². The molecule has 1 aromatic carbocycles. The quantitative estimate of drug-likeness (QED) is 0.748. The monoisotopic (exact) mass is 281 g/mol. The maximum atomic E-state index is 11.9. The van der Waals surface area contributed by atoms with Gasteiger partial charge < -0.3 is 19.5 Å². The SMILES string of the molecule is CCN(CCCO)C(=O)CCOc1ccc(OC)cc1. The first-order valence-electron chi connectivity index (χ1n) is 6.86. The zero-order valence-corrected chi connectivity index (χ0v) is 12.2. The smallest absolute Gasteiger partial charge is 0.225 e. The van der Waals surface area contributed by atoms with Crippen molar-refractivity contribution < 1.29 is 19.4 Å². The lowest BCUT2D eigenvalue weighted by atomic mass is 10.3. The van der Waals surface area contributed by atoms with Crippen LogP contribution in [0.25, 0.3) is 0 Å². The van der Waals surface area contributed by atoms with E-state index < -0.39 is 0 Å². The number of carbonyl (C=O) groups excluding carboxylic acids is 1. The lowest BCUT2D eigenvalue weighted by Crippen LogP contribution is -2.33. The third-order valence-electron chi connectivity index (χ3n) is 2.96. The molecule has 0 aliphatic heterocycles. The fourth-order valence-electron chi connectivity index (χ4n) is 1.81. The molecule has 5 nitrogen and oxygen atoms in total. The van der Waals surface area contributed by atoms with E-state index in [4.69, 9.17) is 14.6 Å². The largest absolute Gasteiger partial charge is 0.497 e. The molecule has 0 saturated heterocycles. The molecule has 5 heteroatoms. The molecule has 0 aromatic heterocycles. The van der Waals surface area contributed by atoms with Crippen molar-refractivity contribution in [2.24, 2.45) is 0 Å². The van der Waals surface area contributed by atoms with E-state index in [0.717, 1.165) is 11.5 Å². The average molecular weight is 281 g/mol. The highest BCUT2D eigenvalue weighted by atomic mass is 16.5. The van der Waals surface area contributed by atoms with Crippen molar-refractivity contribution in [1.82, 2.24) is 4.90 Å². The minimum Gasteiger partial charge on any atom is -0.497 e. The van der Waals surface area contributed by atoms with Gasteiger partial charge in [-0.3, -0.25) is 4.79 Å². The molecule has 0 saturated carbocycles. The number of rotatable bonds is 9. The predicted octanol–water partition coefficient (Wildman–Crippen LogP) is 1.69. The van der Waals surface area contributed by atoms with E-state index in [1.807, 2.05) is 31.2 Å². The number of aliphatic hydroxyl groups excluding tert-OH is 1. The van der Waals surface area contributed by atoms with Gasteiger partial charge >= 0.3 is 0 Å². The Balaban J connectivity index is 2.32. The van der Waals surface area contributed by atoms with Gasteiger partial charge in [-0.25, -0.2) is 0 Å². The van der Waals surface area contributed by atoms with Crippen molar-refractivity contribution in [2.45, 2.75) is 19.8 Å². The molecule has 0 radical (unpaired) electrons. The van der Waals surface area contributed by atoms with Gasteiger partial charge in [-0.05, 0) is 37.6 Å². The summed E-state index contributed by atoms with van der Waals surface area (Å²) < 4.78 is 10.6. The summed E-state index contributed by atoms with van der Waals surface area (Å²) in [6.45, 7) is 3.63. The molecule has 0 heterocycles. The molecule has 112 valence electrons. The number of benzene rings is 1. The lowest BCUT2D eigenvalue weighted by molar-refractivity contribution is -0.131. The number of hydrogen-bond acceptors (Lipinski definition) is 4. The highest BCUT2D eigenvalue weighted by Gasteiger charge is 2.10. The van der Waals surface area contributed by atoms with Crippen molar-refractivity contribution >= 4 is 5.91 Å². The van der Waals surface area contributed by atoms with Crippen LogP contribution < -0.4 is 9.47 Å². The van der Waals surface area contributed by atoms with E-state index in [9.17, 15) is 4.79 Å². The van der Waals surface area contributed by atoms with Gasteiger partial charge in [0.15, 0.2) is 0 Å². The van der Waals surface area contributed by atoms with Gasteiger partial charge in [0, 0.05) is 19.7 Å². The highest BCUT2D eigenvalue weighted by molar-refractivity contribution is 5.76. The molecular formula is C15H23NO4. The number of methoxy groups -OCH3 is 1. The van der Waals surface area contributed by atoms with Crippen LogP contribution in [-0.2, 0) is 4.79 Å². The third kappa shape index (κ3) is 5.48. The molecule has 1 aromatic rings. The summed E-state index contributed by atoms with van der Waals surface area (Å²) >= 11 is 0. The Labute approximate surface area is 120 Å². The van der Waals surface area contributed by atoms with Crippen LogP contribution in [0.1, 0.15) is 19.8 Å². The zero-order chi connectivity index (χ0) is 14.8. The van der Waals surface area contributed by atoms with Gasteiger partial charge in [-0.15, -0.1) is 0 Å². The summed E-state index contributed by atoms with van der Waals surface area (Å²) in [4.78, 5) is 13.6. The number of ether oxygens (including phenoxy) is 2. The van der Waals surface area contributed by atoms with E-state index >= 15 is 0 Å². The van der Waals surface area contributed by atoms with E-state index in [2.05, 4.69) is 0 Å². The fraction of sp³-hybridized carbons (Fsp3) is 0.533. The second kappa shape index (κ2) is 9.20. The molecule has 1 N–H and O–H groups in total. The first-order chi connectivity index (χ1) is 9.71. The minimum atomic E-state index is 0.0504. The van der Waals surface area contributed by atoms with Gasteiger partial charge in [0.1, 0.15) is 11.5 Å². The summed E-state index contributed by atoms with van der Waals surface area (Å²) in [5.74, 6) is 1.54. The fourth-order valence-corrected chi connectivity index (χ4v) is 1.81. The number of carbonyl (C=O) groups is 1. The molecule has 0 unspecified atom stereocenters. The van der Waals surface area contributed by atoms with Crippen molar-refractivity contribution in [3.8, 4) is 11.5 Å². The molecular weight excluding hydrogens is 258 g/mol. The second-order valence-corrected chi connectivity index (χ2v) is 4.32. The first-order valence-corrected chi connectivity index (χ1v) is 6.86. The Morgan fingerprint density at radius 2 is 1.90 bits per heavy atom. The maximum absolute atomic E-state index is 11.9. The van der Waals surface area contributed by atoms with Crippen LogP contribution in [0.4, 0.5) is 0 Å². The highest BCUT2D eigenvalue weighted by Crippen LogP contribution is 2.17. The molecule has 1 rings (SSSR count). The Bertz CT molecular complexity index is 391.